The van der Waals surface area contributed by atoms with Gasteiger partial charge in [-0.3, -0.25) is 4.57 Å². The molecule has 0 unspecified atom stereocenters. The van der Waals surface area contributed by atoms with Crippen LogP contribution in [0, 0.1) is 6.92 Å². The first-order valence-corrected chi connectivity index (χ1v) is 3.39. The van der Waals surface area contributed by atoms with Gasteiger partial charge >= 0.3 is 5.69 Å². The molecule has 0 aliphatic carbocycles. The van der Waals surface area contributed by atoms with Crippen molar-refractivity contribution in [3.8, 4) is 0 Å². The topological polar surface area (TPSA) is 55.1 Å². The lowest BCUT2D eigenvalue weighted by atomic mass is 10.4. The van der Waals surface area contributed by atoms with Crippen LogP contribution in [0.15, 0.2) is 17.1 Å². The van der Waals surface area contributed by atoms with Crippen molar-refractivity contribution in [2.45, 2.75) is 13.5 Å². The summed E-state index contributed by atoms with van der Waals surface area (Å²) in [7, 11) is 0. The standard InChI is InChI=1S/C7H10N2O2/c1-6-2-3-8-7(11)9(6)4-5-10/h2-3,10H,4-5H2,1H3. The second-order valence-electron chi connectivity index (χ2n) is 2.24. The van der Waals surface area contributed by atoms with E-state index in [2.05, 4.69) is 4.98 Å². The lowest BCUT2D eigenvalue weighted by Gasteiger charge is -2.04. The summed E-state index contributed by atoms with van der Waals surface area (Å²) in [6.07, 6.45) is 1.46. The summed E-state index contributed by atoms with van der Waals surface area (Å²) in [6, 6.07) is 1.73. The van der Waals surface area contributed by atoms with E-state index >= 15 is 0 Å². The van der Waals surface area contributed by atoms with Gasteiger partial charge in [-0.15, -0.1) is 0 Å². The molecule has 4 heteroatoms. The Balaban J connectivity index is 3.10. The van der Waals surface area contributed by atoms with Crippen LogP contribution in [0.3, 0.4) is 0 Å². The number of aliphatic hydroxyl groups excluding tert-OH is 1. The Morgan fingerprint density at radius 2 is 2.45 bits per heavy atom. The van der Waals surface area contributed by atoms with Crippen LogP contribution in [0.4, 0.5) is 0 Å². The highest BCUT2D eigenvalue weighted by Gasteiger charge is 1.97. The highest BCUT2D eigenvalue weighted by atomic mass is 16.3. The lowest BCUT2D eigenvalue weighted by Crippen LogP contribution is -2.25. The molecule has 1 aromatic rings. The minimum Gasteiger partial charge on any atom is -0.395 e. The number of hydrogen-bond donors (Lipinski definition) is 1. The molecule has 1 rings (SSSR count). The molecule has 0 bridgehead atoms. The van der Waals surface area contributed by atoms with E-state index in [0.717, 1.165) is 5.69 Å². The van der Waals surface area contributed by atoms with Crippen molar-refractivity contribution in [1.82, 2.24) is 9.55 Å². The largest absolute Gasteiger partial charge is 0.395 e. The summed E-state index contributed by atoms with van der Waals surface area (Å²) in [4.78, 5) is 14.5. The van der Waals surface area contributed by atoms with Crippen LogP contribution in [0.1, 0.15) is 5.69 Å². The molecule has 0 spiro atoms. The summed E-state index contributed by atoms with van der Waals surface area (Å²) in [6.45, 7) is 2.09. The van der Waals surface area contributed by atoms with Crippen LogP contribution in [-0.2, 0) is 6.54 Å². The van der Waals surface area contributed by atoms with Crippen molar-refractivity contribution in [2.24, 2.45) is 0 Å². The summed E-state index contributed by atoms with van der Waals surface area (Å²) in [5.41, 5.74) is 0.512. The van der Waals surface area contributed by atoms with Crippen LogP contribution < -0.4 is 5.69 Å². The van der Waals surface area contributed by atoms with Gasteiger partial charge in [0.25, 0.3) is 0 Å². The first-order valence-electron chi connectivity index (χ1n) is 3.39. The maximum absolute atomic E-state index is 11.0. The molecule has 60 valence electrons. The normalized spacial score (nSPS) is 10.0. The molecule has 1 N–H and O–H groups in total. The molecule has 0 saturated carbocycles. The molecule has 0 aliphatic heterocycles. The number of aromatic nitrogens is 2. The third kappa shape index (κ3) is 1.65. The molecule has 1 aromatic heterocycles. The SMILES string of the molecule is Cc1ccnc(=O)n1CCO. The summed E-state index contributed by atoms with van der Waals surface area (Å²) in [5, 5.41) is 8.58. The lowest BCUT2D eigenvalue weighted by molar-refractivity contribution is 0.272. The monoisotopic (exact) mass is 154 g/mol. The third-order valence-corrected chi connectivity index (χ3v) is 1.48. The van der Waals surface area contributed by atoms with Crippen molar-refractivity contribution >= 4 is 0 Å². The molecule has 0 amide bonds. The van der Waals surface area contributed by atoms with Crippen LogP contribution in [0.25, 0.3) is 0 Å². The molecule has 4 nitrogen and oxygen atoms in total. The van der Waals surface area contributed by atoms with Gasteiger partial charge in [-0.2, -0.15) is 0 Å². The van der Waals surface area contributed by atoms with E-state index in [4.69, 9.17) is 5.11 Å². The Hall–Kier alpha value is -1.16. The van der Waals surface area contributed by atoms with Crippen LogP contribution >= 0.6 is 0 Å². The number of rotatable bonds is 2. The molecule has 1 heterocycles. The molecular weight excluding hydrogens is 144 g/mol. The number of nitrogens with zero attached hydrogens (tertiary/aromatic N) is 2. The number of hydrogen-bond acceptors (Lipinski definition) is 3. The minimum atomic E-state index is -0.306. The van der Waals surface area contributed by atoms with Crippen molar-refractivity contribution in [1.29, 1.82) is 0 Å². The van der Waals surface area contributed by atoms with Gasteiger partial charge in [0, 0.05) is 11.9 Å². The fraction of sp³-hybridized carbons (Fsp3) is 0.429. The van der Waals surface area contributed by atoms with Crippen LogP contribution in [-0.4, -0.2) is 21.3 Å². The van der Waals surface area contributed by atoms with Crippen molar-refractivity contribution < 1.29 is 5.11 Å². The Morgan fingerprint density at radius 3 is 3.00 bits per heavy atom. The first kappa shape index (κ1) is 7.94. The Labute approximate surface area is 64.1 Å². The molecule has 0 aliphatic rings. The maximum atomic E-state index is 11.0. The van der Waals surface area contributed by atoms with Gasteiger partial charge < -0.3 is 5.11 Å². The molecule has 11 heavy (non-hydrogen) atoms. The first-order chi connectivity index (χ1) is 5.25. The van der Waals surface area contributed by atoms with Gasteiger partial charge in [0.05, 0.1) is 13.2 Å². The van der Waals surface area contributed by atoms with E-state index in [9.17, 15) is 4.79 Å². The average molecular weight is 154 g/mol. The van der Waals surface area contributed by atoms with Gasteiger partial charge in [-0.05, 0) is 13.0 Å². The van der Waals surface area contributed by atoms with Gasteiger partial charge in [-0.1, -0.05) is 0 Å². The quantitative estimate of drug-likeness (QED) is 0.627. The number of aryl methyl sites for hydroxylation is 1. The highest BCUT2D eigenvalue weighted by Crippen LogP contribution is 1.89. The van der Waals surface area contributed by atoms with E-state index in [0.29, 0.717) is 6.54 Å². The molecule has 0 saturated heterocycles. The summed E-state index contributed by atoms with van der Waals surface area (Å²) >= 11 is 0. The Bertz CT molecular complexity index is 293. The predicted octanol–water partition coefficient (Wildman–Crippen LogP) is -0.456. The predicted molar refractivity (Wildman–Crippen MR) is 40.3 cm³/mol. The van der Waals surface area contributed by atoms with Gasteiger partial charge in [0.1, 0.15) is 0 Å². The summed E-state index contributed by atoms with van der Waals surface area (Å²) < 4.78 is 1.43. The minimum absolute atomic E-state index is 0.0353. The van der Waals surface area contributed by atoms with Crippen molar-refractivity contribution in [3.63, 3.8) is 0 Å². The zero-order valence-corrected chi connectivity index (χ0v) is 6.32. The fourth-order valence-electron chi connectivity index (χ4n) is 0.891. The van der Waals surface area contributed by atoms with Gasteiger partial charge in [-0.25, -0.2) is 9.78 Å². The maximum Gasteiger partial charge on any atom is 0.347 e. The third-order valence-electron chi connectivity index (χ3n) is 1.48. The Kier molecular flexibility index (Phi) is 2.38. The zero-order valence-electron chi connectivity index (χ0n) is 6.32. The highest BCUT2D eigenvalue weighted by molar-refractivity contribution is 4.97. The van der Waals surface area contributed by atoms with E-state index in [1.165, 1.54) is 10.8 Å². The van der Waals surface area contributed by atoms with Crippen molar-refractivity contribution in [2.75, 3.05) is 6.61 Å². The zero-order chi connectivity index (χ0) is 8.27. The van der Waals surface area contributed by atoms with Gasteiger partial charge in [0.15, 0.2) is 0 Å². The molecule has 0 fully saturated rings. The van der Waals surface area contributed by atoms with Gasteiger partial charge in [0.2, 0.25) is 0 Å². The van der Waals surface area contributed by atoms with Crippen LogP contribution in [0.2, 0.25) is 0 Å². The van der Waals surface area contributed by atoms with E-state index in [1.807, 2.05) is 0 Å². The number of aliphatic hydroxyl groups is 1. The molecular formula is C7H10N2O2. The molecule has 0 aromatic carbocycles. The van der Waals surface area contributed by atoms with E-state index in [-0.39, 0.29) is 12.3 Å². The molecule has 0 atom stereocenters. The average Bonchev–Trinajstić information content (AvgIpc) is 1.97. The van der Waals surface area contributed by atoms with E-state index < -0.39 is 0 Å². The molecule has 0 radical (unpaired) electrons. The Morgan fingerprint density at radius 1 is 1.73 bits per heavy atom. The summed E-state index contributed by atoms with van der Waals surface area (Å²) in [5.74, 6) is 0. The van der Waals surface area contributed by atoms with E-state index in [1.54, 1.807) is 13.0 Å². The fourth-order valence-corrected chi connectivity index (χ4v) is 0.891. The van der Waals surface area contributed by atoms with Crippen molar-refractivity contribution in [3.05, 3.63) is 28.4 Å². The smallest absolute Gasteiger partial charge is 0.347 e. The second kappa shape index (κ2) is 3.30. The van der Waals surface area contributed by atoms with Crippen LogP contribution in [0.5, 0.6) is 0 Å². The second-order valence-corrected chi connectivity index (χ2v) is 2.24.